The van der Waals surface area contributed by atoms with Gasteiger partial charge in [0.05, 0.1) is 14.2 Å². The van der Waals surface area contributed by atoms with Crippen molar-refractivity contribution in [2.24, 2.45) is 0 Å². The lowest BCUT2D eigenvalue weighted by Gasteiger charge is -2.09. The van der Waals surface area contributed by atoms with Crippen LogP contribution in [0.25, 0.3) is 11.0 Å². The molecule has 0 amide bonds. The minimum atomic E-state index is -0.364. The molecule has 84 valence electrons. The van der Waals surface area contributed by atoms with E-state index in [2.05, 4.69) is 0 Å². The highest BCUT2D eigenvalue weighted by Crippen LogP contribution is 2.32. The van der Waals surface area contributed by atoms with Crippen LogP contribution in [-0.2, 0) is 0 Å². The van der Waals surface area contributed by atoms with Crippen molar-refractivity contribution in [3.05, 3.63) is 34.2 Å². The van der Waals surface area contributed by atoms with Gasteiger partial charge in [-0.05, 0) is 18.6 Å². The predicted octanol–water partition coefficient (Wildman–Crippen LogP) is 2.12. The highest BCUT2D eigenvalue weighted by molar-refractivity contribution is 5.83. The average Bonchev–Trinajstić information content (AvgIpc) is 2.27. The molecule has 0 radical (unpaired) electrons. The first kappa shape index (κ1) is 10.5. The number of hydrogen-bond donors (Lipinski definition) is 0. The molecule has 0 bridgehead atoms. The van der Waals surface area contributed by atoms with Crippen molar-refractivity contribution in [1.82, 2.24) is 0 Å². The van der Waals surface area contributed by atoms with Crippen molar-refractivity contribution in [3.8, 4) is 11.5 Å². The summed E-state index contributed by atoms with van der Waals surface area (Å²) in [6.07, 6.45) is 0. The molecular formula is C12H12O4. The van der Waals surface area contributed by atoms with Crippen LogP contribution in [0.5, 0.6) is 11.5 Å². The van der Waals surface area contributed by atoms with Gasteiger partial charge in [-0.2, -0.15) is 0 Å². The van der Waals surface area contributed by atoms with Gasteiger partial charge in [0.1, 0.15) is 5.58 Å². The molecule has 0 fully saturated rings. The molecule has 0 saturated carbocycles. The standard InChI is InChI=1S/C12H12O4/c1-7-4-12(13)16-9-6-11(15-3)10(14-2)5-8(7)9/h4-6H,1-3H3. The largest absolute Gasteiger partial charge is 0.493 e. The summed E-state index contributed by atoms with van der Waals surface area (Å²) in [5, 5.41) is 0.845. The Labute approximate surface area is 92.4 Å². The maximum absolute atomic E-state index is 11.2. The van der Waals surface area contributed by atoms with Crippen molar-refractivity contribution in [1.29, 1.82) is 0 Å². The quantitative estimate of drug-likeness (QED) is 0.727. The van der Waals surface area contributed by atoms with Crippen LogP contribution in [0.4, 0.5) is 0 Å². The van der Waals surface area contributed by atoms with Gasteiger partial charge in [-0.25, -0.2) is 4.79 Å². The molecule has 0 spiro atoms. The van der Waals surface area contributed by atoms with E-state index >= 15 is 0 Å². The van der Waals surface area contributed by atoms with Gasteiger partial charge < -0.3 is 13.9 Å². The van der Waals surface area contributed by atoms with Crippen molar-refractivity contribution in [2.75, 3.05) is 14.2 Å². The number of ether oxygens (including phenoxy) is 2. The minimum Gasteiger partial charge on any atom is -0.493 e. The Kier molecular flexibility index (Phi) is 2.56. The second kappa shape index (κ2) is 3.89. The zero-order chi connectivity index (χ0) is 11.7. The fourth-order valence-electron chi connectivity index (χ4n) is 1.65. The summed E-state index contributed by atoms with van der Waals surface area (Å²) in [6, 6.07) is 4.91. The highest BCUT2D eigenvalue weighted by atomic mass is 16.5. The van der Waals surface area contributed by atoms with Gasteiger partial charge in [0, 0.05) is 17.5 Å². The Balaban J connectivity index is 2.83. The zero-order valence-electron chi connectivity index (χ0n) is 9.37. The molecule has 0 aliphatic heterocycles. The van der Waals surface area contributed by atoms with E-state index in [1.54, 1.807) is 19.2 Å². The maximum Gasteiger partial charge on any atom is 0.336 e. The lowest BCUT2D eigenvalue weighted by Crippen LogP contribution is -1.99. The molecule has 0 atom stereocenters. The summed E-state index contributed by atoms with van der Waals surface area (Å²) in [5.74, 6) is 1.16. The van der Waals surface area contributed by atoms with E-state index in [1.807, 2.05) is 6.92 Å². The van der Waals surface area contributed by atoms with Gasteiger partial charge in [0.15, 0.2) is 11.5 Å². The third kappa shape index (κ3) is 1.62. The monoisotopic (exact) mass is 220 g/mol. The third-order valence-corrected chi connectivity index (χ3v) is 2.46. The smallest absolute Gasteiger partial charge is 0.336 e. The molecule has 1 heterocycles. The van der Waals surface area contributed by atoms with E-state index in [9.17, 15) is 4.79 Å². The SMILES string of the molecule is COc1cc2oc(=O)cc(C)c2cc1OC. The average molecular weight is 220 g/mol. The Hall–Kier alpha value is -1.97. The first-order chi connectivity index (χ1) is 7.65. The summed E-state index contributed by atoms with van der Waals surface area (Å²) in [6.45, 7) is 1.85. The third-order valence-electron chi connectivity index (χ3n) is 2.46. The molecule has 1 aromatic carbocycles. The second-order valence-corrected chi connectivity index (χ2v) is 3.45. The normalized spacial score (nSPS) is 10.4. The molecule has 1 aromatic heterocycles. The lowest BCUT2D eigenvalue weighted by molar-refractivity contribution is 0.355. The van der Waals surface area contributed by atoms with E-state index in [4.69, 9.17) is 13.9 Å². The minimum absolute atomic E-state index is 0.364. The molecule has 0 N–H and O–H groups in total. The van der Waals surface area contributed by atoms with Crippen LogP contribution < -0.4 is 15.1 Å². The number of hydrogen-bond acceptors (Lipinski definition) is 4. The van der Waals surface area contributed by atoms with Crippen molar-refractivity contribution in [3.63, 3.8) is 0 Å². The number of aryl methyl sites for hydroxylation is 1. The predicted molar refractivity (Wildman–Crippen MR) is 60.3 cm³/mol. The highest BCUT2D eigenvalue weighted by Gasteiger charge is 2.09. The van der Waals surface area contributed by atoms with E-state index in [0.717, 1.165) is 10.9 Å². The summed E-state index contributed by atoms with van der Waals surface area (Å²) in [5.41, 5.74) is 0.993. The summed E-state index contributed by atoms with van der Waals surface area (Å²) >= 11 is 0. The van der Waals surface area contributed by atoms with E-state index < -0.39 is 0 Å². The van der Waals surface area contributed by atoms with E-state index in [1.165, 1.54) is 13.2 Å². The Bertz CT molecular complexity index is 583. The van der Waals surface area contributed by atoms with Crippen LogP contribution in [0.3, 0.4) is 0 Å². The van der Waals surface area contributed by atoms with Crippen LogP contribution in [0, 0.1) is 6.92 Å². The van der Waals surface area contributed by atoms with Crippen LogP contribution in [0.2, 0.25) is 0 Å². The van der Waals surface area contributed by atoms with Gasteiger partial charge >= 0.3 is 5.63 Å². The van der Waals surface area contributed by atoms with Crippen molar-refractivity contribution >= 4 is 11.0 Å². The first-order valence-corrected chi connectivity index (χ1v) is 4.82. The Morgan fingerprint density at radius 2 is 1.69 bits per heavy atom. The van der Waals surface area contributed by atoms with E-state index in [-0.39, 0.29) is 5.63 Å². The summed E-state index contributed by atoms with van der Waals surface area (Å²) in [4.78, 5) is 11.2. The number of methoxy groups -OCH3 is 2. The molecule has 4 heteroatoms. The molecule has 0 aliphatic rings. The number of benzene rings is 1. The molecular weight excluding hydrogens is 208 g/mol. The van der Waals surface area contributed by atoms with Crippen LogP contribution in [-0.4, -0.2) is 14.2 Å². The van der Waals surface area contributed by atoms with E-state index in [0.29, 0.717) is 17.1 Å². The van der Waals surface area contributed by atoms with Crippen molar-refractivity contribution in [2.45, 2.75) is 6.92 Å². The summed E-state index contributed by atoms with van der Waals surface area (Å²) in [7, 11) is 3.11. The Morgan fingerprint density at radius 1 is 1.06 bits per heavy atom. The maximum atomic E-state index is 11.2. The number of fused-ring (bicyclic) bond motifs is 1. The molecule has 16 heavy (non-hydrogen) atoms. The topological polar surface area (TPSA) is 48.7 Å². The van der Waals surface area contributed by atoms with Gasteiger partial charge in [0.2, 0.25) is 0 Å². The first-order valence-electron chi connectivity index (χ1n) is 4.82. The Morgan fingerprint density at radius 3 is 2.31 bits per heavy atom. The van der Waals surface area contributed by atoms with Crippen LogP contribution >= 0.6 is 0 Å². The molecule has 4 nitrogen and oxygen atoms in total. The second-order valence-electron chi connectivity index (χ2n) is 3.45. The molecule has 2 rings (SSSR count). The fraction of sp³-hybridized carbons (Fsp3) is 0.250. The van der Waals surface area contributed by atoms with Gasteiger partial charge in [0.25, 0.3) is 0 Å². The molecule has 2 aromatic rings. The molecule has 0 unspecified atom stereocenters. The van der Waals surface area contributed by atoms with Gasteiger partial charge in [-0.3, -0.25) is 0 Å². The molecule has 0 aliphatic carbocycles. The van der Waals surface area contributed by atoms with Crippen molar-refractivity contribution < 1.29 is 13.9 Å². The van der Waals surface area contributed by atoms with Gasteiger partial charge in [-0.15, -0.1) is 0 Å². The summed E-state index contributed by atoms with van der Waals surface area (Å²) < 4.78 is 15.4. The fourth-order valence-corrected chi connectivity index (χ4v) is 1.65. The zero-order valence-corrected chi connectivity index (χ0v) is 9.37. The molecule has 0 saturated heterocycles. The lowest BCUT2D eigenvalue weighted by atomic mass is 10.1. The van der Waals surface area contributed by atoms with Crippen LogP contribution in [0.15, 0.2) is 27.4 Å². The number of rotatable bonds is 2. The van der Waals surface area contributed by atoms with Gasteiger partial charge in [-0.1, -0.05) is 0 Å². The van der Waals surface area contributed by atoms with Crippen LogP contribution in [0.1, 0.15) is 5.56 Å².